The Kier molecular flexibility index (Phi) is 4.46. The summed E-state index contributed by atoms with van der Waals surface area (Å²) in [4.78, 5) is 19.8. The van der Waals surface area contributed by atoms with E-state index in [1.54, 1.807) is 24.7 Å². The summed E-state index contributed by atoms with van der Waals surface area (Å²) in [6, 6.07) is 3.29. The van der Waals surface area contributed by atoms with Crippen molar-refractivity contribution in [3.8, 4) is 0 Å². The van der Waals surface area contributed by atoms with Crippen LogP contribution in [0.2, 0.25) is 0 Å². The average Bonchev–Trinajstić information content (AvgIpc) is 2.96. The summed E-state index contributed by atoms with van der Waals surface area (Å²) >= 11 is 0. The van der Waals surface area contributed by atoms with Crippen LogP contribution in [0, 0.1) is 0 Å². The van der Waals surface area contributed by atoms with Crippen LogP contribution in [0.1, 0.15) is 16.9 Å². The highest BCUT2D eigenvalue weighted by Crippen LogP contribution is 2.05. The summed E-state index contributed by atoms with van der Waals surface area (Å²) in [6.45, 7) is 1.40. The molecule has 7 heteroatoms. The summed E-state index contributed by atoms with van der Waals surface area (Å²) in [6.07, 6.45) is 7.74. The number of nitrogen functional groups attached to an aromatic ring is 1. The van der Waals surface area contributed by atoms with Crippen LogP contribution in [0.4, 0.5) is 5.69 Å². The highest BCUT2D eigenvalue weighted by molar-refractivity contribution is 5.93. The van der Waals surface area contributed by atoms with Gasteiger partial charge in [-0.05, 0) is 18.6 Å². The van der Waals surface area contributed by atoms with Gasteiger partial charge in [0, 0.05) is 31.7 Å². The number of nitrogens with one attached hydrogen (secondary N) is 2. The van der Waals surface area contributed by atoms with Crippen LogP contribution in [0.25, 0.3) is 0 Å². The van der Waals surface area contributed by atoms with Crippen LogP contribution >= 0.6 is 0 Å². The van der Waals surface area contributed by atoms with Gasteiger partial charge in [0.15, 0.2) is 0 Å². The van der Waals surface area contributed by atoms with Gasteiger partial charge in [0.1, 0.15) is 5.69 Å². The maximum absolute atomic E-state index is 11.8. The van der Waals surface area contributed by atoms with Gasteiger partial charge in [-0.3, -0.25) is 15.6 Å². The number of pyridine rings is 1. The number of imidazole rings is 1. The number of carbonyl (C=O) groups excluding carboxylic acids is 1. The van der Waals surface area contributed by atoms with Gasteiger partial charge in [0.25, 0.3) is 5.91 Å². The van der Waals surface area contributed by atoms with E-state index in [2.05, 4.69) is 20.7 Å². The predicted molar refractivity (Wildman–Crippen MR) is 71.2 cm³/mol. The van der Waals surface area contributed by atoms with E-state index in [4.69, 9.17) is 5.84 Å². The minimum Gasteiger partial charge on any atom is -0.351 e. The van der Waals surface area contributed by atoms with E-state index >= 15 is 0 Å². The van der Waals surface area contributed by atoms with Crippen molar-refractivity contribution < 1.29 is 4.79 Å². The SMILES string of the molecule is NNc1ccnc(C(=O)NCCCn2ccnc2)c1. The zero-order valence-electron chi connectivity index (χ0n) is 10.4. The summed E-state index contributed by atoms with van der Waals surface area (Å²) in [5, 5.41) is 2.81. The molecule has 0 saturated heterocycles. The van der Waals surface area contributed by atoms with Gasteiger partial charge >= 0.3 is 0 Å². The van der Waals surface area contributed by atoms with Crippen molar-refractivity contribution in [1.29, 1.82) is 0 Å². The number of rotatable bonds is 6. The fourth-order valence-electron chi connectivity index (χ4n) is 1.62. The molecule has 0 aliphatic carbocycles. The van der Waals surface area contributed by atoms with Gasteiger partial charge in [-0.2, -0.15) is 0 Å². The van der Waals surface area contributed by atoms with E-state index in [9.17, 15) is 4.79 Å². The normalized spacial score (nSPS) is 10.2. The van der Waals surface area contributed by atoms with Crippen LogP contribution in [-0.2, 0) is 6.54 Å². The van der Waals surface area contributed by atoms with Crippen molar-refractivity contribution in [2.24, 2.45) is 5.84 Å². The van der Waals surface area contributed by atoms with Gasteiger partial charge < -0.3 is 15.3 Å². The van der Waals surface area contributed by atoms with Crippen molar-refractivity contribution in [2.45, 2.75) is 13.0 Å². The molecular weight excluding hydrogens is 244 g/mol. The fourth-order valence-corrected chi connectivity index (χ4v) is 1.62. The maximum Gasteiger partial charge on any atom is 0.269 e. The lowest BCUT2D eigenvalue weighted by molar-refractivity contribution is 0.0948. The molecule has 2 aromatic rings. The van der Waals surface area contributed by atoms with Crippen molar-refractivity contribution in [2.75, 3.05) is 12.0 Å². The molecule has 2 heterocycles. The second-order valence-electron chi connectivity index (χ2n) is 3.98. The molecule has 0 radical (unpaired) electrons. The minimum atomic E-state index is -0.206. The molecule has 0 atom stereocenters. The van der Waals surface area contributed by atoms with E-state index in [0.29, 0.717) is 17.9 Å². The maximum atomic E-state index is 11.8. The average molecular weight is 260 g/mol. The smallest absolute Gasteiger partial charge is 0.269 e. The van der Waals surface area contributed by atoms with Crippen molar-refractivity contribution in [1.82, 2.24) is 19.9 Å². The van der Waals surface area contributed by atoms with Gasteiger partial charge in [-0.1, -0.05) is 0 Å². The molecule has 4 N–H and O–H groups in total. The lowest BCUT2D eigenvalue weighted by Crippen LogP contribution is -2.26. The lowest BCUT2D eigenvalue weighted by atomic mass is 10.3. The van der Waals surface area contributed by atoms with Gasteiger partial charge in [0.2, 0.25) is 0 Å². The van der Waals surface area contributed by atoms with Crippen molar-refractivity contribution in [3.05, 3.63) is 42.7 Å². The molecule has 1 amide bonds. The molecule has 0 aliphatic heterocycles. The van der Waals surface area contributed by atoms with Crippen LogP contribution in [0.5, 0.6) is 0 Å². The minimum absolute atomic E-state index is 0.206. The van der Waals surface area contributed by atoms with E-state index in [1.807, 2.05) is 10.8 Å². The standard InChI is InChI=1S/C12H16N6O/c13-17-10-2-4-15-11(8-10)12(19)16-3-1-6-18-7-5-14-9-18/h2,4-5,7-9H,1,3,6,13H2,(H,15,17)(H,16,19). The highest BCUT2D eigenvalue weighted by atomic mass is 16.1. The molecule has 0 aliphatic rings. The van der Waals surface area contributed by atoms with Gasteiger partial charge in [-0.25, -0.2) is 4.98 Å². The zero-order chi connectivity index (χ0) is 13.5. The number of nitrogens with two attached hydrogens (primary N) is 1. The fraction of sp³-hybridized carbons (Fsp3) is 0.250. The Bertz CT molecular complexity index is 525. The van der Waals surface area contributed by atoms with E-state index in [-0.39, 0.29) is 5.91 Å². The molecule has 2 aromatic heterocycles. The van der Waals surface area contributed by atoms with Crippen molar-refractivity contribution >= 4 is 11.6 Å². The summed E-state index contributed by atoms with van der Waals surface area (Å²) in [5.74, 6) is 5.07. The van der Waals surface area contributed by atoms with Gasteiger partial charge in [0.05, 0.1) is 12.0 Å². The largest absolute Gasteiger partial charge is 0.351 e. The molecule has 19 heavy (non-hydrogen) atoms. The third-order valence-corrected chi connectivity index (χ3v) is 2.60. The van der Waals surface area contributed by atoms with Crippen LogP contribution in [0.3, 0.4) is 0 Å². The quantitative estimate of drug-likeness (QED) is 0.396. The number of nitrogens with zero attached hydrogens (tertiary/aromatic N) is 3. The van der Waals surface area contributed by atoms with Gasteiger partial charge in [-0.15, -0.1) is 0 Å². The highest BCUT2D eigenvalue weighted by Gasteiger charge is 2.06. The van der Waals surface area contributed by atoms with E-state index < -0.39 is 0 Å². The first-order valence-corrected chi connectivity index (χ1v) is 5.96. The Labute approximate surface area is 110 Å². The number of carbonyl (C=O) groups is 1. The summed E-state index contributed by atoms with van der Waals surface area (Å²) in [5.41, 5.74) is 3.47. The van der Waals surface area contributed by atoms with E-state index in [0.717, 1.165) is 13.0 Å². The molecule has 0 bridgehead atoms. The first-order chi connectivity index (χ1) is 9.29. The van der Waals surface area contributed by atoms with E-state index in [1.165, 1.54) is 6.20 Å². The monoisotopic (exact) mass is 260 g/mol. The number of aryl methyl sites for hydroxylation is 1. The number of aromatic nitrogens is 3. The number of amides is 1. The summed E-state index contributed by atoms with van der Waals surface area (Å²) < 4.78 is 1.96. The Morgan fingerprint density at radius 3 is 3.05 bits per heavy atom. The Balaban J connectivity index is 1.77. The second kappa shape index (κ2) is 6.50. The Morgan fingerprint density at radius 1 is 1.42 bits per heavy atom. The number of hydrogen-bond donors (Lipinski definition) is 3. The summed E-state index contributed by atoms with van der Waals surface area (Å²) in [7, 11) is 0. The van der Waals surface area contributed by atoms with Crippen LogP contribution in [-0.4, -0.2) is 27.0 Å². The Hall–Kier alpha value is -2.41. The van der Waals surface area contributed by atoms with Crippen LogP contribution in [0.15, 0.2) is 37.1 Å². The van der Waals surface area contributed by atoms with Crippen LogP contribution < -0.4 is 16.6 Å². The number of hydrazine groups is 1. The first-order valence-electron chi connectivity index (χ1n) is 5.96. The van der Waals surface area contributed by atoms with Crippen molar-refractivity contribution in [3.63, 3.8) is 0 Å². The molecule has 100 valence electrons. The molecule has 2 rings (SSSR count). The zero-order valence-corrected chi connectivity index (χ0v) is 10.4. The molecule has 0 spiro atoms. The molecule has 0 saturated carbocycles. The molecule has 0 aromatic carbocycles. The molecule has 0 fully saturated rings. The second-order valence-corrected chi connectivity index (χ2v) is 3.98. The first kappa shape index (κ1) is 13.0. The molecule has 0 unspecified atom stereocenters. The topological polar surface area (TPSA) is 97.9 Å². The Morgan fingerprint density at radius 2 is 2.32 bits per heavy atom. The molecule has 7 nitrogen and oxygen atoms in total. The third kappa shape index (κ3) is 3.78. The third-order valence-electron chi connectivity index (χ3n) is 2.60. The number of anilines is 1. The molecular formula is C12H16N6O. The lowest BCUT2D eigenvalue weighted by Gasteiger charge is -2.06. The number of hydrogen-bond acceptors (Lipinski definition) is 5. The predicted octanol–water partition coefficient (Wildman–Crippen LogP) is 0.384.